The molecule has 1 aliphatic rings. The molecule has 0 spiro atoms. The van der Waals surface area contributed by atoms with E-state index in [1.54, 1.807) is 37.6 Å². The summed E-state index contributed by atoms with van der Waals surface area (Å²) < 4.78 is 0. The van der Waals surface area contributed by atoms with Crippen molar-refractivity contribution in [1.29, 1.82) is 0 Å². The first kappa shape index (κ1) is 26.6. The monoisotopic (exact) mass is 543 g/mol. The Balaban J connectivity index is 1.36. The molecular weight excluding hydrogens is 510 g/mol. The van der Waals surface area contributed by atoms with Crippen molar-refractivity contribution in [3.05, 3.63) is 71.1 Å². The summed E-state index contributed by atoms with van der Waals surface area (Å²) in [5.41, 5.74) is 9.16. The minimum absolute atomic E-state index is 0.167. The number of fused-ring (bicyclic) bond motifs is 1. The lowest BCUT2D eigenvalue weighted by atomic mass is 10.0. The highest BCUT2D eigenvalue weighted by Gasteiger charge is 2.25. The molecule has 2 aromatic heterocycles. The zero-order valence-electron chi connectivity index (χ0n) is 22.4. The Bertz CT molecular complexity index is 1460. The fraction of sp³-hybridized carbons (Fsp3) is 0.310. The fourth-order valence-electron chi connectivity index (χ4n) is 4.77. The summed E-state index contributed by atoms with van der Waals surface area (Å²) in [6, 6.07) is 16.8. The number of piperazine rings is 1. The van der Waals surface area contributed by atoms with Crippen LogP contribution in [-0.4, -0.2) is 84.9 Å². The van der Waals surface area contributed by atoms with Gasteiger partial charge < -0.3 is 25.8 Å². The molecule has 3 heterocycles. The number of amides is 2. The Kier molecular flexibility index (Phi) is 7.76. The number of nitrogens with one attached hydrogen (secondary N) is 1. The maximum atomic E-state index is 13.4. The van der Waals surface area contributed by atoms with Crippen LogP contribution < -0.4 is 16.0 Å². The van der Waals surface area contributed by atoms with Gasteiger partial charge in [-0.3, -0.25) is 9.59 Å². The number of hydrogen-bond acceptors (Lipinski definition) is 8. The van der Waals surface area contributed by atoms with Crippen LogP contribution in [-0.2, 0) is 11.2 Å². The molecule has 2 amide bonds. The molecule has 10 heteroatoms. The topological polar surface area (TPSA) is 108 Å². The number of thiophene rings is 1. The van der Waals surface area contributed by atoms with Crippen LogP contribution in [0.1, 0.15) is 15.9 Å². The summed E-state index contributed by atoms with van der Waals surface area (Å²) in [5.74, 6) is 0.436. The number of aromatic nitrogens is 2. The zero-order valence-corrected chi connectivity index (χ0v) is 23.2. The highest BCUT2D eigenvalue weighted by atomic mass is 32.1. The quantitative estimate of drug-likeness (QED) is 0.369. The van der Waals surface area contributed by atoms with Gasteiger partial charge in [-0.25, -0.2) is 4.98 Å². The normalized spacial score (nSPS) is 14.8. The lowest BCUT2D eigenvalue weighted by molar-refractivity contribution is -0.130. The maximum absolute atomic E-state index is 13.4. The summed E-state index contributed by atoms with van der Waals surface area (Å²) in [6.07, 6.45) is 0.379. The number of anilines is 2. The number of carbonyl (C=O) groups excluding carboxylic acids is 2. The highest BCUT2D eigenvalue weighted by Crippen LogP contribution is 2.27. The Morgan fingerprint density at radius 1 is 1.05 bits per heavy atom. The van der Waals surface area contributed by atoms with E-state index < -0.39 is 6.04 Å². The Hall–Kier alpha value is -4.02. The van der Waals surface area contributed by atoms with Crippen LogP contribution >= 0.6 is 11.3 Å². The average Bonchev–Trinajstić information content (AvgIpc) is 3.47. The molecule has 0 radical (unpaired) electrons. The first-order chi connectivity index (χ1) is 18.8. The van der Waals surface area contributed by atoms with E-state index in [9.17, 15) is 9.59 Å². The number of hydrogen-bond donors (Lipinski definition) is 2. The van der Waals surface area contributed by atoms with Crippen LogP contribution in [0.5, 0.6) is 0 Å². The predicted molar refractivity (Wildman–Crippen MR) is 157 cm³/mol. The molecule has 9 nitrogen and oxygen atoms in total. The van der Waals surface area contributed by atoms with Crippen molar-refractivity contribution >= 4 is 45.8 Å². The minimum Gasteiger partial charge on any atom is -0.368 e. The molecule has 1 saturated heterocycles. The highest BCUT2D eigenvalue weighted by molar-refractivity contribution is 7.13. The van der Waals surface area contributed by atoms with Gasteiger partial charge in [0.2, 0.25) is 11.9 Å². The van der Waals surface area contributed by atoms with Gasteiger partial charge in [-0.1, -0.05) is 30.3 Å². The van der Waals surface area contributed by atoms with Gasteiger partial charge >= 0.3 is 0 Å². The van der Waals surface area contributed by atoms with E-state index in [1.165, 1.54) is 9.78 Å². The third kappa shape index (κ3) is 6.02. The van der Waals surface area contributed by atoms with E-state index in [4.69, 9.17) is 5.73 Å². The molecule has 0 bridgehead atoms. The van der Waals surface area contributed by atoms with Crippen LogP contribution in [0.2, 0.25) is 0 Å². The van der Waals surface area contributed by atoms with Crippen molar-refractivity contribution in [2.24, 2.45) is 0 Å². The summed E-state index contributed by atoms with van der Waals surface area (Å²) in [4.78, 5) is 42.5. The fourth-order valence-corrected chi connectivity index (χ4v) is 5.50. The number of nitrogens with zero attached hydrogens (tertiary/aromatic N) is 5. The molecular formula is C29H33N7O2S. The molecule has 1 fully saturated rings. The second-order valence-corrected chi connectivity index (χ2v) is 11.0. The number of nitrogens with two attached hydrogens (primary N) is 1. The number of nitrogen functional groups attached to an aromatic ring is 1. The van der Waals surface area contributed by atoms with Crippen LogP contribution in [0.15, 0.2) is 60.0 Å². The molecule has 202 valence electrons. The lowest BCUT2D eigenvalue weighted by Crippen LogP contribution is -2.47. The van der Waals surface area contributed by atoms with E-state index >= 15 is 0 Å². The van der Waals surface area contributed by atoms with Gasteiger partial charge in [0.25, 0.3) is 5.91 Å². The van der Waals surface area contributed by atoms with Crippen LogP contribution in [0, 0.1) is 0 Å². The van der Waals surface area contributed by atoms with Crippen molar-refractivity contribution in [1.82, 2.24) is 25.1 Å². The number of likely N-dealkylation sites (N-methyl/N-ethyl adjacent to an activating group) is 2. The molecule has 0 unspecified atom stereocenters. The first-order valence-electron chi connectivity index (χ1n) is 12.9. The molecule has 0 aliphatic carbocycles. The van der Waals surface area contributed by atoms with E-state index in [-0.39, 0.29) is 17.8 Å². The van der Waals surface area contributed by atoms with Gasteiger partial charge in [-0.05, 0) is 47.8 Å². The summed E-state index contributed by atoms with van der Waals surface area (Å²) in [7, 11) is 5.48. The summed E-state index contributed by atoms with van der Waals surface area (Å²) in [5, 5.41) is 5.84. The number of rotatable bonds is 7. The van der Waals surface area contributed by atoms with Gasteiger partial charge in [0.1, 0.15) is 11.9 Å². The molecule has 1 aliphatic heterocycles. The van der Waals surface area contributed by atoms with Gasteiger partial charge in [0, 0.05) is 62.5 Å². The largest absolute Gasteiger partial charge is 0.368 e. The Morgan fingerprint density at radius 3 is 2.46 bits per heavy atom. The van der Waals surface area contributed by atoms with Gasteiger partial charge in [-0.15, -0.1) is 11.3 Å². The third-order valence-corrected chi connectivity index (χ3v) is 7.92. The van der Waals surface area contributed by atoms with E-state index in [0.717, 1.165) is 48.5 Å². The standard InChI is InChI=1S/C29H33N7O2S/c1-34(2)28(38)24(17-19-6-8-20(9-7-19)25-5-4-16-39-25)31-27(37)21-10-11-22-23(18-21)32-29(30)33-26(22)36-14-12-35(3)13-15-36/h4-11,16,18,24H,12-15,17H2,1-3H3,(H,31,37)(H2,30,32,33)/t24-/m0/s1. The molecule has 1 atom stereocenters. The SMILES string of the molecule is CN1CCN(c2nc(N)nc3cc(C(=O)N[C@@H](Cc4ccc(-c5cccs5)cc4)C(=O)N(C)C)ccc23)CC1. The van der Waals surface area contributed by atoms with E-state index in [0.29, 0.717) is 17.5 Å². The molecule has 0 saturated carbocycles. The maximum Gasteiger partial charge on any atom is 0.252 e. The molecule has 4 aromatic rings. The molecule has 5 rings (SSSR count). The smallest absolute Gasteiger partial charge is 0.252 e. The van der Waals surface area contributed by atoms with E-state index in [2.05, 4.69) is 38.2 Å². The summed E-state index contributed by atoms with van der Waals surface area (Å²) in [6.45, 7) is 3.55. The van der Waals surface area contributed by atoms with Gasteiger partial charge in [0.15, 0.2) is 0 Å². The van der Waals surface area contributed by atoms with Crippen molar-refractivity contribution in [2.75, 3.05) is 58.0 Å². The minimum atomic E-state index is -0.716. The lowest BCUT2D eigenvalue weighted by Gasteiger charge is -2.33. The number of carbonyl (C=O) groups is 2. The van der Waals surface area contributed by atoms with Gasteiger partial charge in [0.05, 0.1) is 5.52 Å². The second kappa shape index (κ2) is 11.4. The molecule has 2 aromatic carbocycles. The second-order valence-electron chi connectivity index (χ2n) is 10.1. The van der Waals surface area contributed by atoms with Crippen molar-refractivity contribution in [3.8, 4) is 10.4 Å². The van der Waals surface area contributed by atoms with Gasteiger partial charge in [-0.2, -0.15) is 4.98 Å². The van der Waals surface area contributed by atoms with Crippen molar-refractivity contribution in [3.63, 3.8) is 0 Å². The van der Waals surface area contributed by atoms with Crippen molar-refractivity contribution < 1.29 is 9.59 Å². The Morgan fingerprint density at radius 2 is 1.79 bits per heavy atom. The van der Waals surface area contributed by atoms with Crippen LogP contribution in [0.25, 0.3) is 21.3 Å². The van der Waals surface area contributed by atoms with Crippen molar-refractivity contribution in [2.45, 2.75) is 12.5 Å². The van der Waals surface area contributed by atoms with Crippen LogP contribution in [0.3, 0.4) is 0 Å². The summed E-state index contributed by atoms with van der Waals surface area (Å²) >= 11 is 1.68. The average molecular weight is 544 g/mol. The zero-order chi connectivity index (χ0) is 27.5. The number of benzene rings is 2. The van der Waals surface area contributed by atoms with Crippen LogP contribution in [0.4, 0.5) is 11.8 Å². The third-order valence-electron chi connectivity index (χ3n) is 7.00. The molecule has 39 heavy (non-hydrogen) atoms. The predicted octanol–water partition coefficient (Wildman–Crippen LogP) is 3.12. The first-order valence-corrected chi connectivity index (χ1v) is 13.8. The van der Waals surface area contributed by atoms with E-state index in [1.807, 2.05) is 41.8 Å². The molecule has 3 N–H and O–H groups in total. The Labute approximate surface area is 232 Å².